The number of unbranched alkanes of at least 4 members (excludes halogenated alkanes) is 39. The minimum absolute atomic E-state index is 0.00901. The van der Waals surface area contributed by atoms with E-state index in [2.05, 4.69) is 71.1 Å². The highest BCUT2D eigenvalue weighted by molar-refractivity contribution is 7.47. The van der Waals surface area contributed by atoms with Gasteiger partial charge in [0.15, 0.2) is 24.8 Å². The lowest BCUT2D eigenvalue weighted by molar-refractivity contribution is -0.360. The van der Waals surface area contributed by atoms with Crippen molar-refractivity contribution in [1.82, 2.24) is 0 Å². The maximum atomic E-state index is 14.9. The number of allylic oxidation sites excluding steroid dienone is 6. The summed E-state index contributed by atoms with van der Waals surface area (Å²) in [5.74, 6) is -2.33. The quantitative estimate of drug-likeness (QED) is 0.00889. The van der Waals surface area contributed by atoms with E-state index in [9.17, 15) is 74.6 Å². The van der Waals surface area contributed by atoms with Crippen LogP contribution in [0.1, 0.15) is 375 Å². The van der Waals surface area contributed by atoms with Crippen molar-refractivity contribution in [1.29, 1.82) is 0 Å². The van der Waals surface area contributed by atoms with Crippen molar-refractivity contribution in [3.8, 4) is 0 Å². The summed E-state index contributed by atoms with van der Waals surface area (Å²) < 4.78 is 73.3. The number of hydrogen-bond donors (Lipinski definition) is 10. The van der Waals surface area contributed by atoms with Crippen molar-refractivity contribution in [3.63, 3.8) is 0 Å². The van der Waals surface area contributed by atoms with E-state index in [0.29, 0.717) is 44.4 Å². The molecule has 0 aromatic carbocycles. The molecule has 25 nitrogen and oxygen atoms in total. The van der Waals surface area contributed by atoms with Crippen molar-refractivity contribution in [2.75, 3.05) is 26.4 Å². The smallest absolute Gasteiger partial charge is 0.463 e. The number of ether oxygens (including phenoxy) is 8. The molecule has 0 spiro atoms. The molecule has 2 saturated heterocycles. The Kier molecular flexibility index (Phi) is 62.8. The van der Waals surface area contributed by atoms with Gasteiger partial charge in [0, 0.05) is 25.7 Å². The zero-order valence-corrected chi connectivity index (χ0v) is 73.1. The van der Waals surface area contributed by atoms with E-state index in [1.54, 1.807) is 0 Å². The van der Waals surface area contributed by atoms with Crippen LogP contribution < -0.4 is 0 Å². The Morgan fingerprint density at radius 2 is 0.698 bits per heavy atom. The number of hydrogen-bond acceptors (Lipinski definition) is 24. The first-order valence-electron chi connectivity index (χ1n) is 46.1. The van der Waals surface area contributed by atoms with Crippen LogP contribution in [0.5, 0.6) is 0 Å². The average molecular weight is 1680 g/mol. The highest BCUT2D eigenvalue weighted by Crippen LogP contribution is 2.49. The van der Waals surface area contributed by atoms with E-state index < -0.39 is 162 Å². The molecule has 1 aliphatic carbocycles. The summed E-state index contributed by atoms with van der Waals surface area (Å²) in [6.07, 6.45) is 27.3. The van der Waals surface area contributed by atoms with Crippen LogP contribution in [0.4, 0.5) is 0 Å². The predicted octanol–water partition coefficient (Wildman–Crippen LogP) is 16.6. The van der Waals surface area contributed by atoms with E-state index in [-0.39, 0.29) is 25.7 Å². The van der Waals surface area contributed by atoms with Gasteiger partial charge < -0.3 is 88.7 Å². The van der Waals surface area contributed by atoms with Gasteiger partial charge in [0.25, 0.3) is 0 Å². The van der Waals surface area contributed by atoms with Crippen molar-refractivity contribution < 1.29 is 122 Å². The maximum absolute atomic E-state index is 14.9. The molecule has 0 radical (unpaired) electrons. The number of esters is 4. The Labute approximate surface area is 697 Å². The SMILES string of the molecule is CCCCCC/C=C\CCCCCCCCCC(=O)OC1C(O)C(O)C(OC2OC(CO)C(O)C(O)C2O)C(OP(=O)(O)OCC(COC(=O)CCCCC/C=C\CCCCCCCC)OC(=O)CCCCC/C=C\CCCCCCCC)C1OC1OC(COC(=O)CCCCCCCCC(C)CCCCCCCC)C(O)C(O)C1O. The zero-order valence-electron chi connectivity index (χ0n) is 72.2. The van der Waals surface area contributed by atoms with E-state index in [1.807, 2.05) is 0 Å². The molecular formula is C90H163O25P. The predicted molar refractivity (Wildman–Crippen MR) is 449 cm³/mol. The molecule has 26 heteroatoms. The monoisotopic (exact) mass is 1680 g/mol. The lowest BCUT2D eigenvalue weighted by atomic mass is 9.84. The largest absolute Gasteiger partial charge is 0.472 e. The molecule has 0 aromatic heterocycles. The number of phosphoric ester groups is 1. The van der Waals surface area contributed by atoms with Gasteiger partial charge in [0.1, 0.15) is 92.6 Å². The van der Waals surface area contributed by atoms with Crippen molar-refractivity contribution in [3.05, 3.63) is 36.5 Å². The Hall–Kier alpha value is -3.31. The first kappa shape index (κ1) is 107. The fourth-order valence-corrected chi connectivity index (χ4v) is 16.0. The van der Waals surface area contributed by atoms with Gasteiger partial charge in [-0.3, -0.25) is 28.2 Å². The second-order valence-electron chi connectivity index (χ2n) is 33.1. The molecule has 0 amide bonds. The van der Waals surface area contributed by atoms with Crippen molar-refractivity contribution in [2.24, 2.45) is 5.92 Å². The van der Waals surface area contributed by atoms with Gasteiger partial charge in [-0.05, 0) is 109 Å². The molecule has 3 aliphatic rings. The minimum Gasteiger partial charge on any atom is -0.463 e. The number of carbonyl (C=O) groups is 4. The summed E-state index contributed by atoms with van der Waals surface area (Å²) >= 11 is 0. The molecule has 116 heavy (non-hydrogen) atoms. The molecule has 1 saturated carbocycles. The highest BCUT2D eigenvalue weighted by Gasteiger charge is 2.60. The number of aliphatic hydroxyl groups excluding tert-OH is 9. The third-order valence-corrected chi connectivity index (χ3v) is 23.5. The fourth-order valence-electron chi connectivity index (χ4n) is 15.0. The molecule has 678 valence electrons. The summed E-state index contributed by atoms with van der Waals surface area (Å²) in [6, 6.07) is 0. The van der Waals surface area contributed by atoms with Gasteiger partial charge in [-0.25, -0.2) is 4.57 Å². The topological polar surface area (TPSA) is 380 Å². The van der Waals surface area contributed by atoms with Gasteiger partial charge in [-0.2, -0.15) is 0 Å². The van der Waals surface area contributed by atoms with Crippen LogP contribution in [0.3, 0.4) is 0 Å². The number of rotatable bonds is 73. The Morgan fingerprint density at radius 1 is 0.362 bits per heavy atom. The number of carbonyl (C=O) groups excluding carboxylic acids is 4. The average Bonchev–Trinajstić information content (AvgIpc) is 0.754. The summed E-state index contributed by atoms with van der Waals surface area (Å²) in [6.45, 7) is 7.84. The van der Waals surface area contributed by atoms with Crippen LogP contribution in [-0.2, 0) is 70.7 Å². The van der Waals surface area contributed by atoms with Crippen LogP contribution >= 0.6 is 7.82 Å². The number of aliphatic hydroxyl groups is 9. The normalized spacial score (nSPS) is 25.6. The van der Waals surface area contributed by atoms with Crippen LogP contribution in [0.2, 0.25) is 0 Å². The van der Waals surface area contributed by atoms with Crippen molar-refractivity contribution >= 4 is 31.7 Å². The molecule has 3 fully saturated rings. The van der Waals surface area contributed by atoms with Gasteiger partial charge in [0.2, 0.25) is 0 Å². The first-order valence-corrected chi connectivity index (χ1v) is 47.6. The summed E-state index contributed by atoms with van der Waals surface area (Å²) in [5, 5.41) is 102. The third-order valence-electron chi connectivity index (χ3n) is 22.5. The standard InChI is InChI=1S/C90H163O25P/c1-6-10-14-18-22-25-28-31-32-35-38-41-44-52-58-64-76(95)112-85-81(100)82(101)86(113-89-83(102)79(98)77(96)71(65-91)110-89)88(87(85)114-90-84(103)80(99)78(97)72(111-90)68-107-74(93)62-56-50-46-45-48-54-60-69(5)59-53-47-21-17-13-9-4)115-116(104,105)108-67-70(109-75(94)63-57-51-43-40-37-34-30-27-24-20-16-12-8-3)66-106-73(92)61-55-49-42-39-36-33-29-26-23-19-15-11-7-2/h25,28,33-34,36-37,69-72,77-91,96-103H,6-24,26-27,29-32,35,38-68H2,1-5H3,(H,104,105)/b28-25-,36-33-,37-34-. The highest BCUT2D eigenvalue weighted by atomic mass is 31.2. The van der Waals surface area contributed by atoms with Crippen LogP contribution in [-0.4, -0.2) is 205 Å². The van der Waals surface area contributed by atoms with E-state index in [1.165, 1.54) is 141 Å². The molecule has 2 aliphatic heterocycles. The lowest BCUT2D eigenvalue weighted by Crippen LogP contribution is -2.70. The van der Waals surface area contributed by atoms with Gasteiger partial charge in [-0.15, -0.1) is 0 Å². The van der Waals surface area contributed by atoms with Crippen LogP contribution in [0, 0.1) is 5.92 Å². The molecule has 19 atom stereocenters. The van der Waals surface area contributed by atoms with Gasteiger partial charge in [0.05, 0.1) is 13.2 Å². The molecule has 0 aromatic rings. The van der Waals surface area contributed by atoms with Crippen LogP contribution in [0.15, 0.2) is 36.5 Å². The Morgan fingerprint density at radius 3 is 1.13 bits per heavy atom. The minimum atomic E-state index is -5.82. The second-order valence-corrected chi connectivity index (χ2v) is 34.5. The van der Waals surface area contributed by atoms with E-state index in [4.69, 9.17) is 46.9 Å². The first-order chi connectivity index (χ1) is 56.1. The fraction of sp³-hybridized carbons (Fsp3) is 0.889. The molecule has 10 N–H and O–H groups in total. The second kappa shape index (κ2) is 68.2. The molecule has 19 unspecified atom stereocenters. The van der Waals surface area contributed by atoms with Gasteiger partial charge >= 0.3 is 31.7 Å². The van der Waals surface area contributed by atoms with Gasteiger partial charge in [-0.1, -0.05) is 283 Å². The van der Waals surface area contributed by atoms with E-state index in [0.717, 1.165) is 135 Å². The number of phosphoric acid groups is 1. The van der Waals surface area contributed by atoms with Crippen LogP contribution in [0.25, 0.3) is 0 Å². The lowest BCUT2D eigenvalue weighted by Gasteiger charge is -2.50. The van der Waals surface area contributed by atoms with E-state index >= 15 is 0 Å². The Balaban J connectivity index is 1.94. The zero-order chi connectivity index (χ0) is 84.8. The molecule has 2 heterocycles. The Bertz CT molecular complexity index is 2580. The molecule has 3 rings (SSSR count). The summed E-state index contributed by atoms with van der Waals surface area (Å²) in [5.41, 5.74) is 0. The molecular weight excluding hydrogens is 1510 g/mol. The molecule has 0 bridgehead atoms. The third kappa shape index (κ3) is 48.5. The summed E-state index contributed by atoms with van der Waals surface area (Å²) in [4.78, 5) is 66.4. The van der Waals surface area contributed by atoms with Crippen molar-refractivity contribution in [2.45, 2.75) is 479 Å². The maximum Gasteiger partial charge on any atom is 0.472 e. The summed E-state index contributed by atoms with van der Waals surface area (Å²) in [7, 11) is -5.82.